The molecular weight excluding hydrogens is 240 g/mol. The minimum atomic E-state index is -3.59. The van der Waals surface area contributed by atoms with Crippen molar-refractivity contribution in [2.75, 3.05) is 12.3 Å². The fraction of sp³-hybridized carbons (Fsp3) is 0.455. The van der Waals surface area contributed by atoms with Gasteiger partial charge < -0.3 is 10.8 Å². The van der Waals surface area contributed by atoms with Crippen LogP contribution in [0.4, 0.5) is 5.69 Å². The Morgan fingerprint density at radius 2 is 2.12 bits per heavy atom. The average Bonchev–Trinajstić information content (AvgIpc) is 2.29. The van der Waals surface area contributed by atoms with Crippen LogP contribution in [0.1, 0.15) is 18.9 Å². The van der Waals surface area contributed by atoms with Gasteiger partial charge >= 0.3 is 0 Å². The number of benzene rings is 1. The number of sulfonamides is 1. The molecule has 17 heavy (non-hydrogen) atoms. The van der Waals surface area contributed by atoms with Crippen molar-refractivity contribution in [2.45, 2.75) is 31.2 Å². The normalized spacial score (nSPS) is 13.6. The highest BCUT2D eigenvalue weighted by molar-refractivity contribution is 7.89. The number of aryl methyl sites for hydroxylation is 1. The second-order valence-electron chi connectivity index (χ2n) is 3.93. The second kappa shape index (κ2) is 5.48. The van der Waals surface area contributed by atoms with Crippen molar-refractivity contribution in [3.05, 3.63) is 23.8 Å². The molecule has 1 atom stereocenters. The Balaban J connectivity index is 3.01. The van der Waals surface area contributed by atoms with Crippen molar-refractivity contribution in [1.29, 1.82) is 0 Å². The molecule has 1 aromatic rings. The number of hydrogen-bond donors (Lipinski definition) is 3. The lowest BCUT2D eigenvalue weighted by Gasteiger charge is -2.14. The van der Waals surface area contributed by atoms with Gasteiger partial charge in [0, 0.05) is 11.7 Å². The van der Waals surface area contributed by atoms with Gasteiger partial charge in [-0.05, 0) is 37.1 Å². The first-order chi connectivity index (χ1) is 7.90. The lowest BCUT2D eigenvalue weighted by Crippen LogP contribution is -2.36. The summed E-state index contributed by atoms with van der Waals surface area (Å²) in [6.07, 6.45) is 0.531. The van der Waals surface area contributed by atoms with Crippen LogP contribution in [0.25, 0.3) is 0 Å². The summed E-state index contributed by atoms with van der Waals surface area (Å²) in [5.41, 5.74) is 6.90. The van der Waals surface area contributed by atoms with Gasteiger partial charge in [-0.1, -0.05) is 6.92 Å². The number of aliphatic hydroxyl groups is 1. The number of nitrogens with two attached hydrogens (primary N) is 1. The molecule has 0 amide bonds. The van der Waals surface area contributed by atoms with E-state index < -0.39 is 16.1 Å². The Hall–Kier alpha value is -1.11. The van der Waals surface area contributed by atoms with Crippen LogP contribution in [0.3, 0.4) is 0 Å². The molecule has 0 spiro atoms. The van der Waals surface area contributed by atoms with Crippen molar-refractivity contribution < 1.29 is 13.5 Å². The number of nitrogens with one attached hydrogen (secondary N) is 1. The molecule has 0 saturated carbocycles. The van der Waals surface area contributed by atoms with Crippen molar-refractivity contribution in [3.63, 3.8) is 0 Å². The summed E-state index contributed by atoms with van der Waals surface area (Å²) in [7, 11) is -3.59. The lowest BCUT2D eigenvalue weighted by atomic mass is 10.2. The standard InChI is InChI=1S/C11H18N2O3S/c1-3-9(7-14)13-17(15,16)10-4-5-11(12)8(2)6-10/h4-6,9,13-14H,3,7,12H2,1-2H3. The Bertz CT molecular complexity index is 481. The van der Waals surface area contributed by atoms with Gasteiger partial charge in [0.1, 0.15) is 0 Å². The molecule has 6 heteroatoms. The number of rotatable bonds is 5. The number of anilines is 1. The first-order valence-electron chi connectivity index (χ1n) is 5.40. The summed E-state index contributed by atoms with van der Waals surface area (Å²) in [4.78, 5) is 0.163. The zero-order valence-corrected chi connectivity index (χ0v) is 10.8. The molecule has 4 N–H and O–H groups in total. The molecule has 96 valence electrons. The summed E-state index contributed by atoms with van der Waals surface area (Å²) in [5.74, 6) is 0. The summed E-state index contributed by atoms with van der Waals surface area (Å²) in [6, 6.07) is 4.07. The molecule has 0 heterocycles. The largest absolute Gasteiger partial charge is 0.399 e. The molecular formula is C11H18N2O3S. The predicted molar refractivity (Wildman–Crippen MR) is 67.1 cm³/mol. The van der Waals surface area contributed by atoms with Gasteiger partial charge in [-0.3, -0.25) is 0 Å². The van der Waals surface area contributed by atoms with Crippen LogP contribution in [0.2, 0.25) is 0 Å². The summed E-state index contributed by atoms with van der Waals surface area (Å²) in [6.45, 7) is 3.33. The smallest absolute Gasteiger partial charge is 0.240 e. The maximum Gasteiger partial charge on any atom is 0.240 e. The molecule has 0 aliphatic carbocycles. The average molecular weight is 258 g/mol. The van der Waals surface area contributed by atoms with Crippen molar-refractivity contribution in [2.24, 2.45) is 0 Å². The van der Waals surface area contributed by atoms with Crippen LogP contribution in [-0.2, 0) is 10.0 Å². The van der Waals surface area contributed by atoms with Gasteiger partial charge in [0.25, 0.3) is 0 Å². The monoisotopic (exact) mass is 258 g/mol. The minimum Gasteiger partial charge on any atom is -0.399 e. The van der Waals surface area contributed by atoms with Gasteiger partial charge in [-0.15, -0.1) is 0 Å². The molecule has 5 nitrogen and oxygen atoms in total. The van der Waals surface area contributed by atoms with Crippen molar-refractivity contribution in [3.8, 4) is 0 Å². The molecule has 0 saturated heterocycles. The van der Waals surface area contributed by atoms with Crippen molar-refractivity contribution >= 4 is 15.7 Å². The number of aliphatic hydroxyl groups excluding tert-OH is 1. The lowest BCUT2D eigenvalue weighted by molar-refractivity contribution is 0.254. The van der Waals surface area contributed by atoms with Gasteiger partial charge in [0.2, 0.25) is 10.0 Å². The van der Waals surface area contributed by atoms with Crippen LogP contribution in [0.15, 0.2) is 23.1 Å². The van der Waals surface area contributed by atoms with E-state index in [1.165, 1.54) is 12.1 Å². The highest BCUT2D eigenvalue weighted by Gasteiger charge is 2.18. The van der Waals surface area contributed by atoms with E-state index >= 15 is 0 Å². The maximum atomic E-state index is 12.0. The molecule has 0 aliphatic rings. The van der Waals surface area contributed by atoms with Crippen molar-refractivity contribution in [1.82, 2.24) is 4.72 Å². The number of hydrogen-bond acceptors (Lipinski definition) is 4. The third-order valence-electron chi connectivity index (χ3n) is 2.59. The van der Waals surface area contributed by atoms with E-state index in [-0.39, 0.29) is 11.5 Å². The molecule has 1 unspecified atom stereocenters. The predicted octanol–water partition coefficient (Wildman–Crippen LogP) is 0.626. The first kappa shape index (κ1) is 14.0. The fourth-order valence-electron chi connectivity index (χ4n) is 1.35. The van der Waals surface area contributed by atoms with Crippen LogP contribution >= 0.6 is 0 Å². The van der Waals surface area contributed by atoms with E-state index in [1.807, 2.05) is 0 Å². The highest BCUT2D eigenvalue weighted by Crippen LogP contribution is 2.17. The summed E-state index contributed by atoms with van der Waals surface area (Å²) in [5, 5.41) is 8.99. The third-order valence-corrected chi connectivity index (χ3v) is 4.10. The molecule has 0 aromatic heterocycles. The van der Waals surface area contributed by atoms with E-state index in [1.54, 1.807) is 19.9 Å². The van der Waals surface area contributed by atoms with Gasteiger partial charge in [-0.2, -0.15) is 0 Å². The Morgan fingerprint density at radius 3 is 2.59 bits per heavy atom. The second-order valence-corrected chi connectivity index (χ2v) is 5.64. The summed E-state index contributed by atoms with van der Waals surface area (Å²) >= 11 is 0. The molecule has 0 bridgehead atoms. The quantitative estimate of drug-likeness (QED) is 0.675. The zero-order valence-electron chi connectivity index (χ0n) is 9.97. The van der Waals surface area contributed by atoms with E-state index in [0.717, 1.165) is 0 Å². The van der Waals surface area contributed by atoms with E-state index in [9.17, 15) is 8.42 Å². The fourth-order valence-corrected chi connectivity index (χ4v) is 2.75. The van der Waals surface area contributed by atoms with Crippen LogP contribution in [0.5, 0.6) is 0 Å². The van der Waals surface area contributed by atoms with Gasteiger partial charge in [-0.25, -0.2) is 13.1 Å². The number of nitrogen functional groups attached to an aromatic ring is 1. The molecule has 1 aromatic carbocycles. The molecule has 0 aliphatic heterocycles. The van der Waals surface area contributed by atoms with E-state index in [2.05, 4.69) is 4.72 Å². The van der Waals surface area contributed by atoms with Crippen LogP contribution < -0.4 is 10.5 Å². The highest BCUT2D eigenvalue weighted by atomic mass is 32.2. The van der Waals surface area contributed by atoms with Gasteiger partial charge in [0.15, 0.2) is 0 Å². The summed E-state index contributed by atoms with van der Waals surface area (Å²) < 4.78 is 26.4. The van der Waals surface area contributed by atoms with Crippen LogP contribution in [-0.4, -0.2) is 26.2 Å². The third kappa shape index (κ3) is 3.42. The molecule has 0 fully saturated rings. The topological polar surface area (TPSA) is 92.4 Å². The SMILES string of the molecule is CCC(CO)NS(=O)(=O)c1ccc(N)c(C)c1. The van der Waals surface area contributed by atoms with E-state index in [0.29, 0.717) is 17.7 Å². The Morgan fingerprint density at radius 1 is 1.47 bits per heavy atom. The first-order valence-corrected chi connectivity index (χ1v) is 6.88. The molecule has 1 rings (SSSR count). The molecule has 0 radical (unpaired) electrons. The van der Waals surface area contributed by atoms with Gasteiger partial charge in [0.05, 0.1) is 11.5 Å². The van der Waals surface area contributed by atoms with E-state index in [4.69, 9.17) is 10.8 Å². The Kier molecular flexibility index (Phi) is 4.50. The minimum absolute atomic E-state index is 0.163. The van der Waals surface area contributed by atoms with Crippen LogP contribution in [0, 0.1) is 6.92 Å². The maximum absolute atomic E-state index is 12.0. The Labute approximate surface area is 102 Å². The zero-order chi connectivity index (χ0) is 13.1.